The van der Waals surface area contributed by atoms with Crippen LogP contribution in [0.25, 0.3) is 11.1 Å². The number of amides is 3. The quantitative estimate of drug-likeness (QED) is 0.257. The summed E-state index contributed by atoms with van der Waals surface area (Å²) in [5, 5.41) is 7.30. The lowest BCUT2D eigenvalue weighted by Crippen LogP contribution is -2.58. The number of nitrogens with two attached hydrogens (primary N) is 2. The molecule has 0 saturated carbocycles. The van der Waals surface area contributed by atoms with Crippen molar-refractivity contribution in [2.45, 2.75) is 78.0 Å². The number of thiazole rings is 1. The predicted octanol–water partition coefficient (Wildman–Crippen LogP) is 5.25. The molecule has 4 atom stereocenters. The maximum atomic E-state index is 14.3. The van der Waals surface area contributed by atoms with Gasteiger partial charge in [-0.25, -0.2) is 14.6 Å². The fourth-order valence-electron chi connectivity index (χ4n) is 5.05. The molecule has 2 aromatic rings. The standard InChI is InChI=1S/C33H45F2N7O5S/c1-7-39-30(43)40-24-14-23(29-41-26(18-48-29)33(6,34)35)22(10-8-9-19(24)2)20-13-21(16-38-15-20)27(36)46-28(37)25-17-45-12-11-42(25)31(44)47-32(3,4)5/h8,10,13-16,18-19,25,27-28H,7,9,11-12,17,36-37H2,1-6H3,(H2,39,40,43). The molecule has 0 radical (unpaired) electrons. The van der Waals surface area contributed by atoms with Crippen molar-refractivity contribution < 1.29 is 32.6 Å². The number of alkyl halides is 2. The number of carbonyl (C=O) groups is 2. The van der Waals surface area contributed by atoms with Crippen molar-refractivity contribution in [3.63, 3.8) is 0 Å². The molecule has 3 heterocycles. The molecule has 0 aromatic carbocycles. The van der Waals surface area contributed by atoms with Gasteiger partial charge >= 0.3 is 12.1 Å². The fraction of sp³-hybridized carbons (Fsp3) is 0.515. The first-order chi connectivity index (χ1) is 22.6. The molecule has 1 aliphatic carbocycles. The van der Waals surface area contributed by atoms with Crippen molar-refractivity contribution in [3.05, 3.63) is 69.6 Å². The van der Waals surface area contributed by atoms with Crippen molar-refractivity contribution in [1.29, 1.82) is 0 Å². The number of halogens is 2. The van der Waals surface area contributed by atoms with Crippen LogP contribution in [-0.2, 0) is 20.1 Å². The molecule has 6 N–H and O–H groups in total. The zero-order valence-corrected chi connectivity index (χ0v) is 28.9. The van der Waals surface area contributed by atoms with Gasteiger partial charge in [-0.05, 0) is 57.7 Å². The molecule has 262 valence electrons. The number of morpholine rings is 1. The molecule has 4 unspecified atom stereocenters. The van der Waals surface area contributed by atoms with E-state index in [1.807, 2.05) is 26.0 Å². The summed E-state index contributed by atoms with van der Waals surface area (Å²) in [7, 11) is 0. The van der Waals surface area contributed by atoms with Gasteiger partial charge in [0.1, 0.15) is 28.8 Å². The number of aromatic nitrogens is 2. The lowest BCUT2D eigenvalue weighted by molar-refractivity contribution is -0.103. The Hall–Kier alpha value is -3.76. The summed E-state index contributed by atoms with van der Waals surface area (Å²) in [6.07, 6.45) is 6.74. The number of allylic oxidation sites excluding steroid dienone is 6. The molecule has 12 nitrogen and oxygen atoms in total. The molecule has 2 aromatic heterocycles. The first-order valence-electron chi connectivity index (χ1n) is 15.8. The van der Waals surface area contributed by atoms with Gasteiger partial charge in [0.15, 0.2) is 0 Å². The van der Waals surface area contributed by atoms with Crippen molar-refractivity contribution in [1.82, 2.24) is 25.5 Å². The third-order valence-corrected chi connectivity index (χ3v) is 8.43. The van der Waals surface area contributed by atoms with E-state index in [4.69, 9.17) is 25.7 Å². The number of nitrogens with one attached hydrogen (secondary N) is 2. The van der Waals surface area contributed by atoms with Crippen LogP contribution in [0.5, 0.6) is 0 Å². The van der Waals surface area contributed by atoms with Crippen LogP contribution in [0.2, 0.25) is 0 Å². The largest absolute Gasteiger partial charge is 0.444 e. The van der Waals surface area contributed by atoms with Gasteiger partial charge in [-0.15, -0.1) is 11.3 Å². The Morgan fingerprint density at radius 2 is 1.96 bits per heavy atom. The van der Waals surface area contributed by atoms with E-state index < -0.39 is 36.1 Å². The van der Waals surface area contributed by atoms with Crippen LogP contribution in [0.15, 0.2) is 47.8 Å². The highest BCUT2D eigenvalue weighted by atomic mass is 32.1. The second-order valence-electron chi connectivity index (χ2n) is 12.7. The van der Waals surface area contributed by atoms with E-state index in [-0.39, 0.29) is 30.8 Å². The maximum absolute atomic E-state index is 14.3. The smallest absolute Gasteiger partial charge is 0.410 e. The van der Waals surface area contributed by atoms with Crippen LogP contribution in [0.4, 0.5) is 18.4 Å². The van der Waals surface area contributed by atoms with Gasteiger partial charge in [0.2, 0.25) is 0 Å². The summed E-state index contributed by atoms with van der Waals surface area (Å²) >= 11 is 1.07. The zero-order chi connectivity index (χ0) is 35.2. The molecule has 3 amide bonds. The SMILES string of the molecule is CCNC(=O)NC1=CC(c2nc(C(C)(F)F)cs2)=C(c2cncc(C(N)OC(N)C3COCCN3C(=O)OC(C)(C)C)c2)C=CCC1C. The lowest BCUT2D eigenvalue weighted by Gasteiger charge is -2.39. The number of rotatable bonds is 9. The van der Waals surface area contributed by atoms with Gasteiger partial charge in [-0.3, -0.25) is 9.88 Å². The van der Waals surface area contributed by atoms with Gasteiger partial charge in [0.05, 0.1) is 19.3 Å². The predicted molar refractivity (Wildman–Crippen MR) is 179 cm³/mol. The van der Waals surface area contributed by atoms with Gasteiger partial charge < -0.3 is 36.3 Å². The number of nitrogens with zero attached hydrogens (tertiary/aromatic N) is 3. The third kappa shape index (κ3) is 9.66. The van der Waals surface area contributed by atoms with Gasteiger partial charge in [0, 0.05) is 60.2 Å². The molecular formula is C33H45F2N7O5S. The summed E-state index contributed by atoms with van der Waals surface area (Å²) in [6.45, 7) is 11.1. The molecule has 1 fully saturated rings. The van der Waals surface area contributed by atoms with Gasteiger partial charge in [0.25, 0.3) is 5.92 Å². The van der Waals surface area contributed by atoms with E-state index in [1.54, 1.807) is 39.1 Å². The normalized spacial score (nSPS) is 20.4. The van der Waals surface area contributed by atoms with Crippen molar-refractivity contribution >= 4 is 34.6 Å². The highest BCUT2D eigenvalue weighted by Crippen LogP contribution is 2.37. The minimum absolute atomic E-state index is 0.0933. The molecule has 4 rings (SSSR count). The Balaban J connectivity index is 1.70. The summed E-state index contributed by atoms with van der Waals surface area (Å²) in [6, 6.07) is 0.737. The Bertz CT molecular complexity index is 1550. The second-order valence-corrected chi connectivity index (χ2v) is 13.6. The first-order valence-corrected chi connectivity index (χ1v) is 16.7. The summed E-state index contributed by atoms with van der Waals surface area (Å²) in [5.74, 6) is -3.23. The van der Waals surface area contributed by atoms with E-state index in [0.29, 0.717) is 52.6 Å². The topological polar surface area (TPSA) is 167 Å². The van der Waals surface area contributed by atoms with E-state index >= 15 is 0 Å². The Kier molecular flexibility index (Phi) is 12.1. The number of urea groups is 1. The van der Waals surface area contributed by atoms with Gasteiger partial charge in [-0.2, -0.15) is 8.78 Å². The second kappa shape index (κ2) is 15.6. The zero-order valence-electron chi connectivity index (χ0n) is 28.1. The number of carbonyl (C=O) groups excluding carboxylic acids is 2. The summed E-state index contributed by atoms with van der Waals surface area (Å²) in [5.41, 5.74) is 14.7. The minimum Gasteiger partial charge on any atom is -0.444 e. The highest BCUT2D eigenvalue weighted by Gasteiger charge is 2.36. The molecule has 2 aliphatic rings. The van der Waals surface area contributed by atoms with Crippen LogP contribution < -0.4 is 22.1 Å². The van der Waals surface area contributed by atoms with Crippen LogP contribution in [-0.4, -0.2) is 71.2 Å². The van der Waals surface area contributed by atoms with E-state index in [9.17, 15) is 18.4 Å². The molecule has 0 spiro atoms. The van der Waals surface area contributed by atoms with Crippen LogP contribution in [0, 0.1) is 5.92 Å². The van der Waals surface area contributed by atoms with Crippen molar-refractivity contribution in [2.24, 2.45) is 17.4 Å². The fourth-order valence-corrected chi connectivity index (χ4v) is 5.98. The highest BCUT2D eigenvalue weighted by molar-refractivity contribution is 7.11. The molecule has 15 heteroatoms. The van der Waals surface area contributed by atoms with Crippen molar-refractivity contribution in [3.8, 4) is 0 Å². The average Bonchev–Trinajstić information content (AvgIpc) is 3.51. The Morgan fingerprint density at radius 1 is 1.21 bits per heavy atom. The molecule has 1 aliphatic heterocycles. The monoisotopic (exact) mass is 689 g/mol. The Morgan fingerprint density at radius 3 is 2.62 bits per heavy atom. The first kappa shape index (κ1) is 37.1. The van der Waals surface area contributed by atoms with Gasteiger partial charge in [-0.1, -0.05) is 19.1 Å². The van der Waals surface area contributed by atoms with E-state index in [0.717, 1.165) is 18.3 Å². The maximum Gasteiger partial charge on any atom is 0.410 e. The van der Waals surface area contributed by atoms with Crippen LogP contribution >= 0.6 is 11.3 Å². The molecule has 1 saturated heterocycles. The number of pyridine rings is 1. The third-order valence-electron chi connectivity index (χ3n) is 7.55. The molecular weight excluding hydrogens is 644 g/mol. The van der Waals surface area contributed by atoms with Crippen LogP contribution in [0.3, 0.4) is 0 Å². The minimum atomic E-state index is -3.14. The van der Waals surface area contributed by atoms with Crippen molar-refractivity contribution in [2.75, 3.05) is 26.3 Å². The number of ether oxygens (including phenoxy) is 3. The molecule has 48 heavy (non-hydrogen) atoms. The lowest BCUT2D eigenvalue weighted by atomic mass is 9.92. The van der Waals surface area contributed by atoms with E-state index in [2.05, 4.69) is 20.6 Å². The Labute approximate surface area is 283 Å². The van der Waals surface area contributed by atoms with Crippen LogP contribution in [0.1, 0.15) is 76.0 Å². The number of hydrogen-bond acceptors (Lipinski definition) is 10. The number of hydrogen-bond donors (Lipinski definition) is 4. The molecule has 0 bridgehead atoms. The summed E-state index contributed by atoms with van der Waals surface area (Å²) in [4.78, 5) is 35.6. The van der Waals surface area contributed by atoms with E-state index in [1.165, 1.54) is 16.5 Å². The average molecular weight is 690 g/mol. The summed E-state index contributed by atoms with van der Waals surface area (Å²) < 4.78 is 45.7.